The van der Waals surface area contributed by atoms with Gasteiger partial charge < -0.3 is 15.4 Å². The van der Waals surface area contributed by atoms with Gasteiger partial charge in [0.2, 0.25) is 0 Å². The lowest BCUT2D eigenvalue weighted by molar-refractivity contribution is -0.0329. The van der Waals surface area contributed by atoms with E-state index in [4.69, 9.17) is 4.74 Å². The fraction of sp³-hybridized carbons (Fsp3) is 0.588. The summed E-state index contributed by atoms with van der Waals surface area (Å²) in [6.07, 6.45) is 3.67. The van der Waals surface area contributed by atoms with Gasteiger partial charge in [0.15, 0.2) is 0 Å². The highest BCUT2D eigenvalue weighted by Crippen LogP contribution is 2.25. The number of ether oxygens (including phenoxy) is 1. The van der Waals surface area contributed by atoms with Crippen LogP contribution in [0.15, 0.2) is 18.2 Å². The second kappa shape index (κ2) is 8.24. The quantitative estimate of drug-likeness (QED) is 0.857. The molecule has 1 aliphatic rings. The zero-order valence-electron chi connectivity index (χ0n) is 13.6. The Morgan fingerprint density at radius 3 is 2.78 bits per heavy atom. The lowest BCUT2D eigenvalue weighted by Crippen LogP contribution is -2.45. The molecule has 1 saturated heterocycles. The molecule has 0 unspecified atom stereocenters. The molecule has 0 aliphatic carbocycles. The van der Waals surface area contributed by atoms with Crippen LogP contribution in [0.2, 0.25) is 0 Å². The first-order valence-electron chi connectivity index (χ1n) is 8.17. The Balaban J connectivity index is 1.90. The number of anilines is 1. The molecule has 0 radical (unpaired) electrons. The van der Waals surface area contributed by atoms with E-state index in [1.807, 2.05) is 0 Å². The molecule has 1 aliphatic heterocycles. The summed E-state index contributed by atoms with van der Waals surface area (Å²) in [5.74, 6) is -0.784. The molecular formula is C17H24F2N2O2. The van der Waals surface area contributed by atoms with Gasteiger partial charge in [-0.1, -0.05) is 26.7 Å². The van der Waals surface area contributed by atoms with Gasteiger partial charge in [-0.15, -0.1) is 0 Å². The topological polar surface area (TPSA) is 50.4 Å². The van der Waals surface area contributed by atoms with Crippen molar-refractivity contribution in [3.63, 3.8) is 0 Å². The van der Waals surface area contributed by atoms with Crippen molar-refractivity contribution in [2.24, 2.45) is 5.92 Å². The molecular weight excluding hydrogens is 302 g/mol. The average Bonchev–Trinajstić information content (AvgIpc) is 2.52. The largest absolute Gasteiger partial charge is 0.378 e. The second-order valence-electron chi connectivity index (χ2n) is 5.93. The number of urea groups is 1. The molecule has 0 aromatic heterocycles. The smallest absolute Gasteiger partial charge is 0.319 e. The van der Waals surface area contributed by atoms with Crippen molar-refractivity contribution in [1.29, 1.82) is 0 Å². The monoisotopic (exact) mass is 326 g/mol. The molecule has 4 nitrogen and oxygen atoms in total. The van der Waals surface area contributed by atoms with Gasteiger partial charge >= 0.3 is 6.03 Å². The first-order chi connectivity index (χ1) is 11.0. The Labute approximate surface area is 135 Å². The number of hydrogen-bond donors (Lipinski definition) is 2. The number of carbonyl (C=O) groups is 1. The van der Waals surface area contributed by atoms with Crippen LogP contribution in [0.1, 0.15) is 39.5 Å². The zero-order chi connectivity index (χ0) is 16.8. The molecule has 1 aromatic carbocycles. The first-order valence-corrected chi connectivity index (χ1v) is 8.17. The predicted molar refractivity (Wildman–Crippen MR) is 85.3 cm³/mol. The van der Waals surface area contributed by atoms with Crippen LogP contribution in [0.4, 0.5) is 19.3 Å². The van der Waals surface area contributed by atoms with Crippen LogP contribution < -0.4 is 10.6 Å². The van der Waals surface area contributed by atoms with E-state index < -0.39 is 17.7 Å². The molecule has 1 aromatic rings. The van der Waals surface area contributed by atoms with Crippen LogP contribution in [0, 0.1) is 17.6 Å². The summed E-state index contributed by atoms with van der Waals surface area (Å²) in [6.45, 7) is 4.86. The Kier molecular flexibility index (Phi) is 6.33. The number of hydrogen-bond acceptors (Lipinski definition) is 2. The minimum atomic E-state index is -0.663. The molecule has 2 N–H and O–H groups in total. The summed E-state index contributed by atoms with van der Waals surface area (Å²) in [4.78, 5) is 12.0. The van der Waals surface area contributed by atoms with E-state index in [2.05, 4.69) is 24.5 Å². The molecule has 23 heavy (non-hydrogen) atoms. The van der Waals surface area contributed by atoms with Crippen LogP contribution >= 0.6 is 0 Å². The minimum absolute atomic E-state index is 0.0222. The number of halogens is 2. The summed E-state index contributed by atoms with van der Waals surface area (Å²) in [5, 5.41) is 5.19. The highest BCUT2D eigenvalue weighted by molar-refractivity contribution is 5.89. The molecule has 1 heterocycles. The molecule has 0 saturated carbocycles. The summed E-state index contributed by atoms with van der Waals surface area (Å²) >= 11 is 0. The number of benzene rings is 1. The van der Waals surface area contributed by atoms with Crippen molar-refractivity contribution >= 4 is 11.7 Å². The molecule has 128 valence electrons. The molecule has 0 spiro atoms. The minimum Gasteiger partial charge on any atom is -0.378 e. The van der Waals surface area contributed by atoms with E-state index in [0.29, 0.717) is 12.5 Å². The lowest BCUT2D eigenvalue weighted by atomic mass is 9.89. The van der Waals surface area contributed by atoms with E-state index >= 15 is 0 Å². The van der Waals surface area contributed by atoms with Crippen molar-refractivity contribution < 1.29 is 18.3 Å². The molecule has 6 heteroatoms. The first kappa shape index (κ1) is 17.7. The van der Waals surface area contributed by atoms with Crippen molar-refractivity contribution in [2.45, 2.75) is 51.7 Å². The summed E-state index contributed by atoms with van der Waals surface area (Å²) in [6, 6.07) is 2.42. The van der Waals surface area contributed by atoms with Gasteiger partial charge in [0.25, 0.3) is 0 Å². The highest BCUT2D eigenvalue weighted by Gasteiger charge is 2.28. The van der Waals surface area contributed by atoms with Crippen LogP contribution in [-0.4, -0.2) is 24.8 Å². The van der Waals surface area contributed by atoms with Crippen molar-refractivity contribution in [2.75, 3.05) is 11.9 Å². The fourth-order valence-electron chi connectivity index (χ4n) is 3.04. The Morgan fingerprint density at radius 1 is 1.35 bits per heavy atom. The normalized spacial score (nSPS) is 21.3. The Morgan fingerprint density at radius 2 is 2.09 bits per heavy atom. The summed E-state index contributed by atoms with van der Waals surface area (Å²) in [7, 11) is 0. The maximum Gasteiger partial charge on any atom is 0.319 e. The van der Waals surface area contributed by atoms with E-state index in [0.717, 1.165) is 43.9 Å². The zero-order valence-corrected chi connectivity index (χ0v) is 13.6. The van der Waals surface area contributed by atoms with E-state index in [-0.39, 0.29) is 17.8 Å². The fourth-order valence-corrected chi connectivity index (χ4v) is 3.04. The SMILES string of the molecule is CCC(CC)[C@H]1C[C@H](NC(=O)Nc2cc(F)ccc2F)CCO1. The summed E-state index contributed by atoms with van der Waals surface area (Å²) < 4.78 is 32.5. The van der Waals surface area contributed by atoms with Crippen LogP contribution in [-0.2, 0) is 4.74 Å². The van der Waals surface area contributed by atoms with Crippen LogP contribution in [0.25, 0.3) is 0 Å². The maximum absolute atomic E-state index is 13.5. The molecule has 2 rings (SSSR count). The highest BCUT2D eigenvalue weighted by atomic mass is 19.1. The Bertz CT molecular complexity index is 535. The van der Waals surface area contributed by atoms with Gasteiger partial charge in [-0.3, -0.25) is 0 Å². The van der Waals surface area contributed by atoms with E-state index in [1.165, 1.54) is 0 Å². The van der Waals surface area contributed by atoms with Crippen LogP contribution in [0.5, 0.6) is 0 Å². The average molecular weight is 326 g/mol. The van der Waals surface area contributed by atoms with Gasteiger partial charge in [-0.2, -0.15) is 0 Å². The third-order valence-electron chi connectivity index (χ3n) is 4.40. The van der Waals surface area contributed by atoms with Crippen LogP contribution in [0.3, 0.4) is 0 Å². The number of amides is 2. The van der Waals surface area contributed by atoms with Crippen molar-refractivity contribution in [3.05, 3.63) is 29.8 Å². The molecule has 2 amide bonds. The van der Waals surface area contributed by atoms with E-state index in [9.17, 15) is 13.6 Å². The third-order valence-corrected chi connectivity index (χ3v) is 4.40. The molecule has 1 fully saturated rings. The van der Waals surface area contributed by atoms with Gasteiger partial charge in [-0.05, 0) is 30.9 Å². The van der Waals surface area contributed by atoms with Gasteiger partial charge in [0.1, 0.15) is 11.6 Å². The maximum atomic E-state index is 13.5. The van der Waals surface area contributed by atoms with E-state index in [1.54, 1.807) is 0 Å². The van der Waals surface area contributed by atoms with Crippen molar-refractivity contribution in [1.82, 2.24) is 5.32 Å². The van der Waals surface area contributed by atoms with Gasteiger partial charge in [0, 0.05) is 18.7 Å². The molecule has 0 bridgehead atoms. The van der Waals surface area contributed by atoms with Gasteiger partial charge in [0.05, 0.1) is 11.8 Å². The lowest BCUT2D eigenvalue weighted by Gasteiger charge is -2.34. The Hall–Kier alpha value is -1.69. The molecule has 2 atom stereocenters. The number of nitrogens with one attached hydrogen (secondary N) is 2. The second-order valence-corrected chi connectivity index (χ2v) is 5.93. The number of rotatable bonds is 5. The summed E-state index contributed by atoms with van der Waals surface area (Å²) in [5.41, 5.74) is -0.161. The van der Waals surface area contributed by atoms with Gasteiger partial charge in [-0.25, -0.2) is 13.6 Å². The predicted octanol–water partition coefficient (Wildman–Crippen LogP) is 4.07. The number of carbonyl (C=O) groups excluding carboxylic acids is 1. The third kappa shape index (κ3) is 4.89. The standard InChI is InChI=1S/C17H24F2N2O2/c1-3-11(4-2)16-10-13(7-8-23-16)20-17(22)21-15-9-12(18)5-6-14(15)19/h5-6,9,11,13,16H,3-4,7-8,10H2,1-2H3,(H2,20,21,22)/t13-,16-/m1/s1. The van der Waals surface area contributed by atoms with Crippen molar-refractivity contribution in [3.8, 4) is 0 Å².